The van der Waals surface area contributed by atoms with Gasteiger partial charge < -0.3 is 5.53 Å². The molecule has 0 aliphatic carbocycles. The number of hydrogen-bond acceptors (Lipinski definition) is 0. The van der Waals surface area contributed by atoms with Gasteiger partial charge in [-0.15, -0.1) is 11.8 Å². The van der Waals surface area contributed by atoms with Crippen molar-refractivity contribution in [1.82, 2.24) is 0 Å². The summed E-state index contributed by atoms with van der Waals surface area (Å²) in [6.45, 7) is 11.1. The Balaban J connectivity index is 0.000000745. The summed E-state index contributed by atoms with van der Waals surface area (Å²) in [5.74, 6) is 6.81. The molecule has 0 amide bonds. The van der Waals surface area contributed by atoms with Gasteiger partial charge in [-0.1, -0.05) is 108 Å². The van der Waals surface area contributed by atoms with Crippen molar-refractivity contribution in [3.63, 3.8) is 0 Å². The summed E-state index contributed by atoms with van der Waals surface area (Å²) in [5, 5.41) is 0. The van der Waals surface area contributed by atoms with E-state index in [1.807, 2.05) is 0 Å². The number of nitrogens with zero attached hydrogens (tertiary/aromatic N) is 2. The van der Waals surface area contributed by atoms with Gasteiger partial charge in [-0.05, 0) is 56.4 Å². The van der Waals surface area contributed by atoms with Crippen molar-refractivity contribution < 1.29 is 22.7 Å². The van der Waals surface area contributed by atoms with Crippen molar-refractivity contribution >= 4 is 11.4 Å². The molecule has 0 radical (unpaired) electrons. The van der Waals surface area contributed by atoms with Crippen LogP contribution >= 0.6 is 0 Å². The van der Waals surface area contributed by atoms with Gasteiger partial charge in [0.05, 0.1) is 0 Å². The predicted octanol–water partition coefficient (Wildman–Crippen LogP) is 14.3. The van der Waals surface area contributed by atoms with Crippen LogP contribution in [0.1, 0.15) is 166 Å². The molecular formula is C44H66N2Pd. The molecule has 2 aromatic carbocycles. The summed E-state index contributed by atoms with van der Waals surface area (Å²) >= 11 is 1.07. The molecule has 0 unspecified atom stereocenters. The topological polar surface area (TPSA) is 25.3 Å². The van der Waals surface area contributed by atoms with Crippen LogP contribution in [0.15, 0.2) is 60.2 Å². The number of benzene rings is 2. The van der Waals surface area contributed by atoms with E-state index in [1.54, 1.807) is 0 Å². The molecule has 0 atom stereocenters. The van der Waals surface area contributed by atoms with Gasteiger partial charge in [-0.2, -0.15) is 0 Å². The second-order valence-corrected chi connectivity index (χ2v) is 15.3. The van der Waals surface area contributed by atoms with Crippen molar-refractivity contribution in [3.8, 4) is 11.8 Å². The van der Waals surface area contributed by atoms with Crippen molar-refractivity contribution in [1.29, 1.82) is 0 Å². The van der Waals surface area contributed by atoms with E-state index in [1.165, 1.54) is 115 Å². The summed E-state index contributed by atoms with van der Waals surface area (Å²) in [5.41, 5.74) is 19.0. The number of aryl methyl sites for hydroxylation is 2. The van der Waals surface area contributed by atoms with Crippen LogP contribution in [0.2, 0.25) is 9.79 Å². The first-order chi connectivity index (χ1) is 23.1. The molecule has 3 rings (SSSR count). The third-order valence-corrected chi connectivity index (χ3v) is 10.9. The van der Waals surface area contributed by atoms with Gasteiger partial charge in [0.2, 0.25) is 11.4 Å². The summed E-state index contributed by atoms with van der Waals surface area (Å²) in [4.78, 5) is 3.01. The van der Waals surface area contributed by atoms with Gasteiger partial charge in [-0.3, -0.25) is 0 Å². The Morgan fingerprint density at radius 3 is 1.83 bits per heavy atom. The third kappa shape index (κ3) is 16.6. The zero-order valence-corrected chi connectivity index (χ0v) is 32.3. The van der Waals surface area contributed by atoms with Crippen molar-refractivity contribution in [2.24, 2.45) is 0 Å². The van der Waals surface area contributed by atoms with Crippen LogP contribution in [0.5, 0.6) is 0 Å². The van der Waals surface area contributed by atoms with Crippen LogP contribution in [0.3, 0.4) is 0 Å². The molecule has 0 saturated carbocycles. The van der Waals surface area contributed by atoms with Gasteiger partial charge in [-0.25, -0.2) is 4.70 Å². The molecule has 2 nitrogen and oxygen atoms in total. The zero-order valence-electron chi connectivity index (χ0n) is 30.8. The van der Waals surface area contributed by atoms with Crippen LogP contribution < -0.4 is 0 Å². The molecule has 0 saturated heterocycles. The second-order valence-electron chi connectivity index (χ2n) is 13.0. The summed E-state index contributed by atoms with van der Waals surface area (Å²) < 4.78 is 1.42. The van der Waals surface area contributed by atoms with Crippen LogP contribution in [0.25, 0.3) is 16.9 Å². The van der Waals surface area contributed by atoms with Crippen LogP contribution in [0, 0.1) is 18.8 Å². The standard InChI is InChI=1S/C36H48N2.2C4H9.Pd/c1-4-6-8-9-10-11-12-13-14-15-16-17-18-22-31-23-19-20-24-34(31)35-29-33(21-7-5-2)36(38(35)37)32-27-25-30(3)26-28-32;2*1-3-4-2;/h19-20,23-29H,4-15,18,21-22H2,1-3H3;2*1,3-4H2,2H3;. The Labute approximate surface area is 299 Å². The summed E-state index contributed by atoms with van der Waals surface area (Å²) in [6.07, 6.45) is 26.0. The number of unbranched alkanes of at least 4 members (excludes halogenated alkanes) is 12. The fraction of sp³-hybridized carbons (Fsp3) is 0.591. The second kappa shape index (κ2) is 26.7. The fourth-order valence-electron chi connectivity index (χ4n) is 5.67. The molecule has 0 N–H and O–H groups in total. The SMILES string of the molecule is CCCCCCCCCCCC#CCCc1ccccc1C1=CC(CCCC)=C(c2ccc(C)cc2)[N+]1=[N-].CCC[CH2][Pd][CH2]CCC. The van der Waals surface area contributed by atoms with Gasteiger partial charge in [0.1, 0.15) is 0 Å². The first-order valence-electron chi connectivity index (χ1n) is 19.1. The minimum atomic E-state index is 0.855. The number of rotatable bonds is 22. The normalized spacial score (nSPS) is 12.5. The molecule has 0 spiro atoms. The van der Waals surface area contributed by atoms with E-state index < -0.39 is 0 Å². The van der Waals surface area contributed by atoms with E-state index in [0.29, 0.717) is 0 Å². The molecule has 0 aromatic heterocycles. The monoisotopic (exact) mass is 728 g/mol. The third-order valence-electron chi connectivity index (χ3n) is 8.68. The average Bonchev–Trinajstić information content (AvgIpc) is 3.42. The molecule has 1 aliphatic rings. The van der Waals surface area contributed by atoms with Crippen molar-refractivity contribution in [2.45, 2.75) is 166 Å². The Morgan fingerprint density at radius 2 is 1.19 bits per heavy atom. The maximum absolute atomic E-state index is 11.4. The molecule has 1 heterocycles. The Kier molecular flexibility index (Phi) is 23.2. The van der Waals surface area contributed by atoms with Crippen LogP contribution in [0.4, 0.5) is 0 Å². The molecular weight excluding hydrogens is 663 g/mol. The van der Waals surface area contributed by atoms with E-state index in [4.69, 9.17) is 0 Å². The van der Waals surface area contributed by atoms with Gasteiger partial charge in [0.25, 0.3) is 0 Å². The molecule has 3 heteroatoms. The average molecular weight is 729 g/mol. The van der Waals surface area contributed by atoms with E-state index in [-0.39, 0.29) is 0 Å². The van der Waals surface area contributed by atoms with Crippen LogP contribution in [-0.4, -0.2) is 4.70 Å². The number of hydrogen-bond donors (Lipinski definition) is 0. The van der Waals surface area contributed by atoms with E-state index in [2.05, 4.69) is 101 Å². The van der Waals surface area contributed by atoms with Crippen molar-refractivity contribution in [3.05, 3.63) is 88.0 Å². The summed E-state index contributed by atoms with van der Waals surface area (Å²) in [7, 11) is 0. The Morgan fingerprint density at radius 1 is 0.617 bits per heavy atom. The molecule has 47 heavy (non-hydrogen) atoms. The van der Waals surface area contributed by atoms with E-state index >= 15 is 0 Å². The predicted molar refractivity (Wildman–Crippen MR) is 203 cm³/mol. The molecule has 2 aromatic rings. The molecule has 262 valence electrons. The Hall–Kier alpha value is -2.26. The van der Waals surface area contributed by atoms with Crippen molar-refractivity contribution in [2.75, 3.05) is 0 Å². The number of allylic oxidation sites excluding steroid dienone is 2. The van der Waals surface area contributed by atoms with Gasteiger partial charge >= 0.3 is 67.3 Å². The van der Waals surface area contributed by atoms with Gasteiger partial charge in [0.15, 0.2) is 0 Å². The molecule has 0 bridgehead atoms. The zero-order chi connectivity index (χ0) is 34.0. The van der Waals surface area contributed by atoms with E-state index in [0.717, 1.165) is 79.0 Å². The molecule has 0 fully saturated rings. The van der Waals surface area contributed by atoms with Crippen LogP contribution in [-0.2, 0) is 24.4 Å². The maximum atomic E-state index is 11.4. The van der Waals surface area contributed by atoms with E-state index in [9.17, 15) is 5.53 Å². The first kappa shape index (κ1) is 40.9. The fourth-order valence-corrected chi connectivity index (χ4v) is 7.93. The molecule has 1 aliphatic heterocycles. The van der Waals surface area contributed by atoms with Gasteiger partial charge in [0, 0.05) is 35.6 Å². The minimum absolute atomic E-state index is 0.855. The quantitative estimate of drug-likeness (QED) is 0.0499. The Bertz CT molecular complexity index is 1250. The summed E-state index contributed by atoms with van der Waals surface area (Å²) in [6, 6.07) is 16.9. The first-order valence-corrected chi connectivity index (χ1v) is 21.3.